The molecule has 0 saturated heterocycles. The Morgan fingerprint density at radius 2 is 1.84 bits per heavy atom. The van der Waals surface area contributed by atoms with Crippen LogP contribution in [-0.4, -0.2) is 12.5 Å². The number of carbonyl (C=O) groups is 1. The van der Waals surface area contributed by atoms with Gasteiger partial charge in [0.15, 0.2) is 0 Å². The van der Waals surface area contributed by atoms with Crippen LogP contribution in [0.15, 0.2) is 65.1 Å². The van der Waals surface area contributed by atoms with Crippen molar-refractivity contribution in [3.63, 3.8) is 0 Å². The molecule has 4 heteroatoms. The van der Waals surface area contributed by atoms with Gasteiger partial charge in [0.25, 0.3) is 5.91 Å². The van der Waals surface area contributed by atoms with Gasteiger partial charge < -0.3 is 10.1 Å². The van der Waals surface area contributed by atoms with E-state index in [4.69, 9.17) is 4.74 Å². The molecule has 0 fully saturated rings. The number of benzene rings is 3. The van der Waals surface area contributed by atoms with Gasteiger partial charge in [-0.05, 0) is 47.5 Å². The SMILES string of the molecule is CCCCOc1ccc(Br)cc1C(=O)Nc1ccc2ccccc2c1. The van der Waals surface area contributed by atoms with E-state index in [9.17, 15) is 4.79 Å². The number of anilines is 1. The quantitative estimate of drug-likeness (QED) is 0.515. The summed E-state index contributed by atoms with van der Waals surface area (Å²) in [4.78, 5) is 12.7. The summed E-state index contributed by atoms with van der Waals surface area (Å²) in [6, 6.07) is 19.5. The van der Waals surface area contributed by atoms with Crippen molar-refractivity contribution in [2.75, 3.05) is 11.9 Å². The lowest BCUT2D eigenvalue weighted by molar-refractivity contribution is 0.102. The number of rotatable bonds is 6. The fraction of sp³-hybridized carbons (Fsp3) is 0.190. The molecule has 0 radical (unpaired) electrons. The Balaban J connectivity index is 1.82. The molecule has 0 bridgehead atoms. The zero-order chi connectivity index (χ0) is 17.6. The summed E-state index contributed by atoms with van der Waals surface area (Å²) in [6.07, 6.45) is 2.01. The van der Waals surface area contributed by atoms with Crippen molar-refractivity contribution in [1.82, 2.24) is 0 Å². The minimum Gasteiger partial charge on any atom is -0.493 e. The van der Waals surface area contributed by atoms with Crippen LogP contribution in [0.5, 0.6) is 5.75 Å². The van der Waals surface area contributed by atoms with Crippen molar-refractivity contribution < 1.29 is 9.53 Å². The number of carbonyl (C=O) groups excluding carboxylic acids is 1. The molecule has 0 unspecified atom stereocenters. The van der Waals surface area contributed by atoms with Crippen LogP contribution in [0.3, 0.4) is 0 Å². The van der Waals surface area contributed by atoms with E-state index < -0.39 is 0 Å². The zero-order valence-corrected chi connectivity index (χ0v) is 15.7. The summed E-state index contributed by atoms with van der Waals surface area (Å²) < 4.78 is 6.63. The van der Waals surface area contributed by atoms with Crippen LogP contribution in [0.1, 0.15) is 30.1 Å². The van der Waals surface area contributed by atoms with Gasteiger partial charge in [0.1, 0.15) is 5.75 Å². The molecule has 0 aromatic heterocycles. The normalized spacial score (nSPS) is 10.6. The summed E-state index contributed by atoms with van der Waals surface area (Å²) in [5.41, 5.74) is 1.29. The van der Waals surface area contributed by atoms with E-state index in [2.05, 4.69) is 34.2 Å². The van der Waals surface area contributed by atoms with E-state index in [-0.39, 0.29) is 5.91 Å². The van der Waals surface area contributed by atoms with Crippen molar-refractivity contribution in [3.05, 3.63) is 70.7 Å². The lowest BCUT2D eigenvalue weighted by Gasteiger charge is -2.12. The third kappa shape index (κ3) is 4.40. The predicted octanol–water partition coefficient (Wildman–Crippen LogP) is 6.03. The van der Waals surface area contributed by atoms with Crippen LogP contribution in [-0.2, 0) is 0 Å². The molecule has 0 saturated carbocycles. The van der Waals surface area contributed by atoms with Crippen molar-refractivity contribution in [3.8, 4) is 5.75 Å². The highest BCUT2D eigenvalue weighted by atomic mass is 79.9. The van der Waals surface area contributed by atoms with Gasteiger partial charge in [-0.1, -0.05) is 59.6 Å². The molecule has 0 aliphatic carbocycles. The number of nitrogens with one attached hydrogen (secondary N) is 1. The maximum absolute atomic E-state index is 12.7. The lowest BCUT2D eigenvalue weighted by atomic mass is 10.1. The molecule has 0 spiro atoms. The highest BCUT2D eigenvalue weighted by molar-refractivity contribution is 9.10. The molecule has 25 heavy (non-hydrogen) atoms. The Hall–Kier alpha value is -2.33. The first-order valence-electron chi connectivity index (χ1n) is 8.40. The van der Waals surface area contributed by atoms with Gasteiger partial charge in [-0.15, -0.1) is 0 Å². The molecular formula is C21H20BrNO2. The first kappa shape index (κ1) is 17.5. The summed E-state index contributed by atoms with van der Waals surface area (Å²) in [7, 11) is 0. The second kappa shape index (κ2) is 8.17. The van der Waals surface area contributed by atoms with E-state index >= 15 is 0 Å². The van der Waals surface area contributed by atoms with Crippen molar-refractivity contribution >= 4 is 38.3 Å². The maximum Gasteiger partial charge on any atom is 0.259 e. The smallest absolute Gasteiger partial charge is 0.259 e. The van der Waals surface area contributed by atoms with Gasteiger partial charge in [0.05, 0.1) is 12.2 Å². The van der Waals surface area contributed by atoms with E-state index in [1.54, 1.807) is 6.07 Å². The molecule has 3 aromatic carbocycles. The molecular weight excluding hydrogens is 378 g/mol. The van der Waals surface area contributed by atoms with Crippen molar-refractivity contribution in [2.24, 2.45) is 0 Å². The average molecular weight is 398 g/mol. The largest absolute Gasteiger partial charge is 0.493 e. The maximum atomic E-state index is 12.7. The van der Waals surface area contributed by atoms with Gasteiger partial charge in [0, 0.05) is 10.2 Å². The summed E-state index contributed by atoms with van der Waals surface area (Å²) in [5.74, 6) is 0.429. The fourth-order valence-electron chi connectivity index (χ4n) is 2.60. The molecule has 0 aliphatic heterocycles. The number of unbranched alkanes of at least 4 members (excludes halogenated alkanes) is 1. The Morgan fingerprint density at radius 1 is 1.04 bits per heavy atom. The molecule has 0 atom stereocenters. The number of hydrogen-bond acceptors (Lipinski definition) is 2. The number of halogens is 1. The second-order valence-corrected chi connectivity index (χ2v) is 6.77. The van der Waals surface area contributed by atoms with Crippen LogP contribution >= 0.6 is 15.9 Å². The minimum atomic E-state index is -0.178. The minimum absolute atomic E-state index is 0.178. The predicted molar refractivity (Wildman–Crippen MR) is 106 cm³/mol. The monoisotopic (exact) mass is 397 g/mol. The Morgan fingerprint density at radius 3 is 2.64 bits per heavy atom. The molecule has 0 heterocycles. The number of ether oxygens (including phenoxy) is 1. The number of fused-ring (bicyclic) bond motifs is 1. The van der Waals surface area contributed by atoms with Crippen LogP contribution < -0.4 is 10.1 Å². The van der Waals surface area contributed by atoms with Crippen LogP contribution in [0.4, 0.5) is 5.69 Å². The third-order valence-electron chi connectivity index (χ3n) is 3.95. The van der Waals surface area contributed by atoms with Crippen molar-refractivity contribution in [1.29, 1.82) is 0 Å². The first-order chi connectivity index (χ1) is 12.2. The van der Waals surface area contributed by atoms with E-state index in [0.29, 0.717) is 17.9 Å². The van der Waals surface area contributed by atoms with Gasteiger partial charge in [-0.2, -0.15) is 0 Å². The molecule has 1 N–H and O–H groups in total. The zero-order valence-electron chi connectivity index (χ0n) is 14.1. The van der Waals surface area contributed by atoms with Crippen LogP contribution in [0, 0.1) is 0 Å². The van der Waals surface area contributed by atoms with Gasteiger partial charge in [0.2, 0.25) is 0 Å². The third-order valence-corrected chi connectivity index (χ3v) is 4.44. The summed E-state index contributed by atoms with van der Waals surface area (Å²) in [6.45, 7) is 2.71. The first-order valence-corrected chi connectivity index (χ1v) is 9.19. The second-order valence-electron chi connectivity index (χ2n) is 5.86. The summed E-state index contributed by atoms with van der Waals surface area (Å²) >= 11 is 3.43. The lowest BCUT2D eigenvalue weighted by Crippen LogP contribution is -2.14. The molecule has 128 valence electrons. The standard InChI is InChI=1S/C21H20BrNO2/c1-2-3-12-25-20-11-9-17(22)14-19(20)21(24)23-18-10-8-15-6-4-5-7-16(15)13-18/h4-11,13-14H,2-3,12H2,1H3,(H,23,24). The number of amides is 1. The van der Waals surface area contributed by atoms with E-state index in [1.165, 1.54) is 0 Å². The van der Waals surface area contributed by atoms with Gasteiger partial charge >= 0.3 is 0 Å². The van der Waals surface area contributed by atoms with Crippen LogP contribution in [0.2, 0.25) is 0 Å². The Kier molecular flexibility index (Phi) is 5.71. The highest BCUT2D eigenvalue weighted by Crippen LogP contribution is 2.25. The Labute approximate surface area is 156 Å². The highest BCUT2D eigenvalue weighted by Gasteiger charge is 2.14. The Bertz CT molecular complexity index is 892. The van der Waals surface area contributed by atoms with E-state index in [0.717, 1.165) is 33.8 Å². The molecule has 3 rings (SSSR count). The molecule has 1 amide bonds. The molecule has 3 aromatic rings. The van der Waals surface area contributed by atoms with Crippen molar-refractivity contribution in [2.45, 2.75) is 19.8 Å². The fourth-order valence-corrected chi connectivity index (χ4v) is 2.96. The average Bonchev–Trinajstić information content (AvgIpc) is 2.63. The van der Waals surface area contributed by atoms with Gasteiger partial charge in [-0.3, -0.25) is 4.79 Å². The molecule has 3 nitrogen and oxygen atoms in total. The van der Waals surface area contributed by atoms with Gasteiger partial charge in [-0.25, -0.2) is 0 Å². The van der Waals surface area contributed by atoms with Crippen LogP contribution in [0.25, 0.3) is 10.8 Å². The summed E-state index contributed by atoms with van der Waals surface area (Å²) in [5, 5.41) is 5.21. The topological polar surface area (TPSA) is 38.3 Å². The van der Waals surface area contributed by atoms with E-state index in [1.807, 2.05) is 48.5 Å². The number of hydrogen-bond donors (Lipinski definition) is 1. The molecule has 0 aliphatic rings.